The zero-order valence-electron chi connectivity index (χ0n) is 16.2. The van der Waals surface area contributed by atoms with Gasteiger partial charge in [0, 0.05) is 0 Å². The van der Waals surface area contributed by atoms with Gasteiger partial charge in [0.15, 0.2) is 0 Å². The fourth-order valence-electron chi connectivity index (χ4n) is 2.32. The molecule has 0 saturated heterocycles. The van der Waals surface area contributed by atoms with Crippen molar-refractivity contribution in [1.29, 1.82) is 0 Å². The van der Waals surface area contributed by atoms with Gasteiger partial charge in [-0.3, -0.25) is 4.79 Å². The second-order valence-electron chi connectivity index (χ2n) is 6.29. The lowest BCUT2D eigenvalue weighted by molar-refractivity contribution is -0.145. The molecule has 0 aliphatic carbocycles. The molecule has 1 aromatic carbocycles. The highest BCUT2D eigenvalue weighted by molar-refractivity contribution is 7.98. The molecule has 8 heteroatoms. The molecule has 7 nitrogen and oxygen atoms in total. The van der Waals surface area contributed by atoms with Gasteiger partial charge < -0.3 is 20.1 Å². The van der Waals surface area contributed by atoms with Crippen LogP contribution < -0.4 is 10.6 Å². The highest BCUT2D eigenvalue weighted by atomic mass is 32.2. The summed E-state index contributed by atoms with van der Waals surface area (Å²) in [6.45, 7) is 3.71. The molecular weight excluding hydrogens is 368 g/mol. The van der Waals surface area contributed by atoms with Gasteiger partial charge in [-0.2, -0.15) is 11.8 Å². The molecule has 2 amide bonds. The van der Waals surface area contributed by atoms with Gasteiger partial charge in [-0.25, -0.2) is 9.59 Å². The van der Waals surface area contributed by atoms with Gasteiger partial charge in [0.05, 0.1) is 7.11 Å². The van der Waals surface area contributed by atoms with Crippen molar-refractivity contribution in [3.05, 3.63) is 35.9 Å². The van der Waals surface area contributed by atoms with Crippen LogP contribution in [-0.4, -0.2) is 49.2 Å². The minimum absolute atomic E-state index is 0.109. The van der Waals surface area contributed by atoms with Crippen molar-refractivity contribution in [3.8, 4) is 0 Å². The van der Waals surface area contributed by atoms with Gasteiger partial charge in [0.1, 0.15) is 18.7 Å². The zero-order valence-corrected chi connectivity index (χ0v) is 17.0. The summed E-state index contributed by atoms with van der Waals surface area (Å²) < 4.78 is 9.92. The molecule has 1 aromatic rings. The van der Waals surface area contributed by atoms with Gasteiger partial charge in [-0.1, -0.05) is 44.2 Å². The summed E-state index contributed by atoms with van der Waals surface area (Å²) in [5, 5.41) is 5.24. The number of ether oxygens (including phenoxy) is 2. The normalized spacial score (nSPS) is 12.8. The van der Waals surface area contributed by atoms with E-state index in [1.54, 1.807) is 25.6 Å². The average molecular weight is 397 g/mol. The van der Waals surface area contributed by atoms with Crippen molar-refractivity contribution in [2.45, 2.75) is 39.0 Å². The van der Waals surface area contributed by atoms with Crippen molar-refractivity contribution < 1.29 is 23.9 Å². The number of methoxy groups -OCH3 is 1. The zero-order chi connectivity index (χ0) is 20.2. The van der Waals surface area contributed by atoms with Gasteiger partial charge in [-0.15, -0.1) is 0 Å². The lowest BCUT2D eigenvalue weighted by Gasteiger charge is -2.24. The average Bonchev–Trinajstić information content (AvgIpc) is 2.67. The Labute approximate surface area is 164 Å². The second-order valence-corrected chi connectivity index (χ2v) is 7.28. The number of amides is 2. The van der Waals surface area contributed by atoms with Gasteiger partial charge in [-0.05, 0) is 29.9 Å². The molecule has 0 fully saturated rings. The minimum Gasteiger partial charge on any atom is -0.467 e. The summed E-state index contributed by atoms with van der Waals surface area (Å²) in [6.07, 6.45) is 1.67. The van der Waals surface area contributed by atoms with E-state index < -0.39 is 30.1 Å². The van der Waals surface area contributed by atoms with E-state index in [9.17, 15) is 14.4 Å². The third kappa shape index (κ3) is 8.34. The standard InChI is InChI=1S/C19H28N2O5S/c1-13(2)16(17(22)20-15(10-11-27-4)18(23)25-3)21-19(24)26-12-14-8-6-5-7-9-14/h5-9,13,15-16H,10-12H2,1-4H3,(H,20,22)(H,21,24)/t15-,16?/m0/s1. The monoisotopic (exact) mass is 396 g/mol. The van der Waals surface area contributed by atoms with Crippen LogP contribution in [0.15, 0.2) is 30.3 Å². The van der Waals surface area contributed by atoms with E-state index in [2.05, 4.69) is 10.6 Å². The van der Waals surface area contributed by atoms with Crippen LogP contribution in [0.3, 0.4) is 0 Å². The number of hydrogen-bond acceptors (Lipinski definition) is 6. The van der Waals surface area contributed by atoms with E-state index in [-0.39, 0.29) is 12.5 Å². The highest BCUT2D eigenvalue weighted by Gasteiger charge is 2.29. The number of carbonyl (C=O) groups is 3. The molecule has 150 valence electrons. The lowest BCUT2D eigenvalue weighted by atomic mass is 10.0. The predicted molar refractivity (Wildman–Crippen MR) is 105 cm³/mol. The summed E-state index contributed by atoms with van der Waals surface area (Å²) in [5.74, 6) is -0.447. The Morgan fingerprint density at radius 3 is 2.33 bits per heavy atom. The molecular formula is C19H28N2O5S. The topological polar surface area (TPSA) is 93.7 Å². The maximum absolute atomic E-state index is 12.6. The van der Waals surface area contributed by atoms with Crippen LogP contribution in [0.5, 0.6) is 0 Å². The fraction of sp³-hybridized carbons (Fsp3) is 0.526. The SMILES string of the molecule is COC(=O)[C@H](CCSC)NC(=O)C(NC(=O)OCc1ccccc1)C(C)C. The second kappa shape index (κ2) is 12.2. The maximum atomic E-state index is 12.6. The van der Waals surface area contributed by atoms with E-state index in [0.717, 1.165) is 5.56 Å². The number of carbonyl (C=O) groups excluding carboxylic acids is 3. The quantitative estimate of drug-likeness (QED) is 0.590. The Morgan fingerprint density at radius 2 is 1.78 bits per heavy atom. The van der Waals surface area contributed by atoms with Crippen LogP contribution in [0.2, 0.25) is 0 Å². The van der Waals surface area contributed by atoms with E-state index in [1.165, 1.54) is 7.11 Å². The van der Waals surface area contributed by atoms with Gasteiger partial charge in [0.25, 0.3) is 0 Å². The van der Waals surface area contributed by atoms with Gasteiger partial charge in [0.2, 0.25) is 5.91 Å². The van der Waals surface area contributed by atoms with Crippen LogP contribution >= 0.6 is 11.8 Å². The molecule has 0 saturated carbocycles. The van der Waals surface area contributed by atoms with Crippen LogP contribution in [0.4, 0.5) is 4.79 Å². The predicted octanol–water partition coefficient (Wildman–Crippen LogP) is 2.35. The number of benzene rings is 1. The first-order valence-electron chi connectivity index (χ1n) is 8.73. The van der Waals surface area contributed by atoms with Crippen molar-refractivity contribution in [1.82, 2.24) is 10.6 Å². The Balaban J connectivity index is 2.65. The molecule has 0 aromatic heterocycles. The molecule has 0 aliphatic heterocycles. The summed E-state index contributed by atoms with van der Waals surface area (Å²) in [5.41, 5.74) is 0.848. The molecule has 1 rings (SSSR count). The molecule has 1 unspecified atom stereocenters. The largest absolute Gasteiger partial charge is 0.467 e. The molecule has 0 heterocycles. The number of rotatable bonds is 10. The van der Waals surface area contributed by atoms with E-state index in [1.807, 2.05) is 36.6 Å². The maximum Gasteiger partial charge on any atom is 0.408 e. The van der Waals surface area contributed by atoms with Crippen LogP contribution in [0.25, 0.3) is 0 Å². The lowest BCUT2D eigenvalue weighted by Crippen LogP contribution is -2.54. The molecule has 27 heavy (non-hydrogen) atoms. The molecule has 0 spiro atoms. The van der Waals surface area contributed by atoms with Gasteiger partial charge >= 0.3 is 12.1 Å². The summed E-state index contributed by atoms with van der Waals surface area (Å²) in [6, 6.07) is 7.68. The number of thioether (sulfide) groups is 1. The first-order valence-corrected chi connectivity index (χ1v) is 10.1. The smallest absolute Gasteiger partial charge is 0.408 e. The van der Waals surface area contributed by atoms with Crippen molar-refractivity contribution >= 4 is 29.7 Å². The highest BCUT2D eigenvalue weighted by Crippen LogP contribution is 2.07. The molecule has 0 bridgehead atoms. The Bertz CT molecular complexity index is 609. The summed E-state index contributed by atoms with van der Waals surface area (Å²) >= 11 is 1.57. The van der Waals surface area contributed by atoms with Crippen LogP contribution in [-0.2, 0) is 25.7 Å². The number of esters is 1. The molecule has 2 N–H and O–H groups in total. The Hall–Kier alpha value is -2.22. The fourth-order valence-corrected chi connectivity index (χ4v) is 2.79. The third-order valence-electron chi connectivity index (χ3n) is 3.85. The van der Waals surface area contributed by atoms with Crippen LogP contribution in [0.1, 0.15) is 25.8 Å². The Morgan fingerprint density at radius 1 is 1.11 bits per heavy atom. The molecule has 2 atom stereocenters. The number of nitrogens with one attached hydrogen (secondary N) is 2. The number of alkyl carbamates (subject to hydrolysis) is 1. The van der Waals surface area contributed by atoms with Crippen molar-refractivity contribution in [2.24, 2.45) is 5.92 Å². The molecule has 0 radical (unpaired) electrons. The molecule has 0 aliphatic rings. The van der Waals surface area contributed by atoms with Crippen molar-refractivity contribution in [2.75, 3.05) is 19.1 Å². The van der Waals surface area contributed by atoms with E-state index in [4.69, 9.17) is 9.47 Å². The summed E-state index contributed by atoms with van der Waals surface area (Å²) in [4.78, 5) is 36.5. The third-order valence-corrected chi connectivity index (χ3v) is 4.49. The first kappa shape index (κ1) is 22.8. The van der Waals surface area contributed by atoms with Crippen LogP contribution in [0, 0.1) is 5.92 Å². The first-order chi connectivity index (χ1) is 12.9. The summed E-state index contributed by atoms with van der Waals surface area (Å²) in [7, 11) is 1.28. The number of hydrogen-bond donors (Lipinski definition) is 2. The minimum atomic E-state index is -0.824. The van der Waals surface area contributed by atoms with Crippen molar-refractivity contribution in [3.63, 3.8) is 0 Å². The van der Waals surface area contributed by atoms with E-state index >= 15 is 0 Å². The van der Waals surface area contributed by atoms with E-state index in [0.29, 0.717) is 12.2 Å². The Kier molecular flexibility index (Phi) is 10.3.